The number of rotatable bonds is 1. The summed E-state index contributed by atoms with van der Waals surface area (Å²) in [7, 11) is 0. The third-order valence-electron chi connectivity index (χ3n) is 3.18. The fraction of sp³-hybridized carbons (Fsp3) is 0.909. The molecule has 0 aromatic heterocycles. The summed E-state index contributed by atoms with van der Waals surface area (Å²) in [5.41, 5.74) is -0.358. The molecule has 2 aliphatic rings. The maximum Gasteiger partial charge on any atom is 0.242 e. The molecule has 0 aromatic rings. The Morgan fingerprint density at radius 3 is 2.71 bits per heavy atom. The van der Waals surface area contributed by atoms with Crippen molar-refractivity contribution in [2.24, 2.45) is 0 Å². The molecule has 0 spiro atoms. The fourth-order valence-electron chi connectivity index (χ4n) is 2.08. The summed E-state index contributed by atoms with van der Waals surface area (Å²) < 4.78 is 0. The van der Waals surface area contributed by atoms with Crippen LogP contribution in [0.4, 0.5) is 0 Å². The van der Waals surface area contributed by atoms with E-state index in [2.05, 4.69) is 10.2 Å². The summed E-state index contributed by atoms with van der Waals surface area (Å²) in [6.45, 7) is 5.93. The number of amides is 1. The largest absolute Gasteiger partial charge is 0.338 e. The first-order valence-corrected chi connectivity index (χ1v) is 5.67. The average molecular weight is 196 g/mol. The van der Waals surface area contributed by atoms with Gasteiger partial charge in [-0.2, -0.15) is 0 Å². The Morgan fingerprint density at radius 2 is 2.07 bits per heavy atom. The topological polar surface area (TPSA) is 32.3 Å². The number of nitrogens with one attached hydrogen (secondary N) is 1. The first-order valence-electron chi connectivity index (χ1n) is 5.67. The number of hydrogen-bond donors (Lipinski definition) is 1. The molecule has 3 heteroatoms. The summed E-state index contributed by atoms with van der Waals surface area (Å²) in [5.74, 6) is 0.291. The lowest BCUT2D eigenvalue weighted by Gasteiger charge is -2.35. The summed E-state index contributed by atoms with van der Waals surface area (Å²) in [6, 6.07) is 0.557. The maximum atomic E-state index is 12.2. The maximum absolute atomic E-state index is 12.2. The van der Waals surface area contributed by atoms with Crippen molar-refractivity contribution in [3.8, 4) is 0 Å². The summed E-state index contributed by atoms with van der Waals surface area (Å²) in [6.07, 6.45) is 4.74. The van der Waals surface area contributed by atoms with Crippen molar-refractivity contribution >= 4 is 5.91 Å². The predicted octanol–water partition coefficient (Wildman–Crippen LogP) is 1.14. The number of carbonyl (C=O) groups excluding carboxylic acids is 1. The van der Waals surface area contributed by atoms with Gasteiger partial charge in [0.2, 0.25) is 5.91 Å². The minimum atomic E-state index is -0.358. The SMILES string of the molecule is CC1(C)NCCCCN(C2CC2)C1=O. The molecule has 1 N–H and O–H groups in total. The molecule has 80 valence electrons. The van der Waals surface area contributed by atoms with E-state index in [1.807, 2.05) is 13.8 Å². The van der Waals surface area contributed by atoms with Crippen molar-refractivity contribution < 1.29 is 4.79 Å². The van der Waals surface area contributed by atoms with Crippen LogP contribution in [0, 0.1) is 0 Å². The minimum absolute atomic E-state index is 0.291. The molecule has 1 saturated carbocycles. The zero-order valence-electron chi connectivity index (χ0n) is 9.18. The van der Waals surface area contributed by atoms with Crippen molar-refractivity contribution in [3.05, 3.63) is 0 Å². The van der Waals surface area contributed by atoms with Crippen molar-refractivity contribution in [2.45, 2.75) is 51.1 Å². The molecule has 1 aliphatic heterocycles. The standard InChI is InChI=1S/C11H20N2O/c1-11(2)10(14)13(9-5-6-9)8-4-3-7-12-11/h9,12H,3-8H2,1-2H3. The monoisotopic (exact) mass is 196 g/mol. The second-order valence-electron chi connectivity index (χ2n) is 4.99. The Hall–Kier alpha value is -0.570. The van der Waals surface area contributed by atoms with Gasteiger partial charge in [-0.15, -0.1) is 0 Å². The van der Waals surface area contributed by atoms with Gasteiger partial charge in [0.25, 0.3) is 0 Å². The molecule has 1 heterocycles. The van der Waals surface area contributed by atoms with Gasteiger partial charge in [-0.25, -0.2) is 0 Å². The van der Waals surface area contributed by atoms with Crippen LogP contribution in [0.3, 0.4) is 0 Å². The van der Waals surface area contributed by atoms with Gasteiger partial charge in [0.05, 0.1) is 5.54 Å². The first-order chi connectivity index (χ1) is 6.61. The van der Waals surface area contributed by atoms with Crippen molar-refractivity contribution in [1.82, 2.24) is 10.2 Å². The quantitative estimate of drug-likeness (QED) is 0.682. The van der Waals surface area contributed by atoms with E-state index in [4.69, 9.17) is 0 Å². The van der Waals surface area contributed by atoms with Crippen LogP contribution >= 0.6 is 0 Å². The first kappa shape index (κ1) is 9.97. The highest BCUT2D eigenvalue weighted by atomic mass is 16.2. The lowest BCUT2D eigenvalue weighted by Crippen LogP contribution is -2.56. The molecule has 0 bridgehead atoms. The molecule has 2 fully saturated rings. The molecule has 1 saturated heterocycles. The van der Waals surface area contributed by atoms with Crippen LogP contribution in [-0.4, -0.2) is 35.5 Å². The molecule has 0 atom stereocenters. The van der Waals surface area contributed by atoms with Crippen LogP contribution in [0.5, 0.6) is 0 Å². The van der Waals surface area contributed by atoms with Crippen molar-refractivity contribution in [1.29, 1.82) is 0 Å². The highest BCUT2D eigenvalue weighted by Crippen LogP contribution is 2.29. The molecule has 3 nitrogen and oxygen atoms in total. The highest BCUT2D eigenvalue weighted by Gasteiger charge is 2.39. The third-order valence-corrected chi connectivity index (χ3v) is 3.18. The van der Waals surface area contributed by atoms with E-state index in [1.165, 1.54) is 19.3 Å². The van der Waals surface area contributed by atoms with E-state index in [0.29, 0.717) is 11.9 Å². The van der Waals surface area contributed by atoms with Crippen molar-refractivity contribution in [2.75, 3.05) is 13.1 Å². The molecule has 1 aliphatic carbocycles. The van der Waals surface area contributed by atoms with E-state index in [1.54, 1.807) is 0 Å². The van der Waals surface area contributed by atoms with E-state index in [0.717, 1.165) is 19.5 Å². The van der Waals surface area contributed by atoms with Gasteiger partial charge < -0.3 is 10.2 Å². The zero-order chi connectivity index (χ0) is 10.2. The Morgan fingerprint density at radius 1 is 1.36 bits per heavy atom. The van der Waals surface area contributed by atoms with Crippen molar-refractivity contribution in [3.63, 3.8) is 0 Å². The summed E-state index contributed by atoms with van der Waals surface area (Å²) >= 11 is 0. The zero-order valence-corrected chi connectivity index (χ0v) is 9.18. The summed E-state index contributed by atoms with van der Waals surface area (Å²) in [5, 5.41) is 3.33. The molecule has 14 heavy (non-hydrogen) atoms. The Kier molecular flexibility index (Phi) is 2.52. The lowest BCUT2D eigenvalue weighted by atomic mass is 10.0. The van der Waals surface area contributed by atoms with Crippen LogP contribution < -0.4 is 5.32 Å². The second kappa shape index (κ2) is 3.54. The molecular weight excluding hydrogens is 176 g/mol. The number of nitrogens with zero attached hydrogens (tertiary/aromatic N) is 1. The number of hydrogen-bond acceptors (Lipinski definition) is 2. The Balaban J connectivity index is 2.09. The number of carbonyl (C=O) groups is 1. The Bertz CT molecular complexity index is 233. The van der Waals surface area contributed by atoms with Gasteiger partial charge in [-0.1, -0.05) is 0 Å². The van der Waals surface area contributed by atoms with Crippen LogP contribution in [0.2, 0.25) is 0 Å². The predicted molar refractivity (Wildman–Crippen MR) is 56.1 cm³/mol. The summed E-state index contributed by atoms with van der Waals surface area (Å²) in [4.78, 5) is 14.3. The van der Waals surface area contributed by atoms with E-state index >= 15 is 0 Å². The smallest absolute Gasteiger partial charge is 0.242 e. The van der Waals surface area contributed by atoms with Crippen LogP contribution in [0.15, 0.2) is 0 Å². The van der Waals surface area contributed by atoms with Gasteiger partial charge in [-0.05, 0) is 46.1 Å². The molecule has 1 amide bonds. The van der Waals surface area contributed by atoms with Gasteiger partial charge >= 0.3 is 0 Å². The van der Waals surface area contributed by atoms with E-state index < -0.39 is 0 Å². The fourth-order valence-corrected chi connectivity index (χ4v) is 2.08. The highest BCUT2D eigenvalue weighted by molar-refractivity contribution is 5.86. The van der Waals surface area contributed by atoms with Crippen LogP contribution in [-0.2, 0) is 4.79 Å². The van der Waals surface area contributed by atoms with Crippen LogP contribution in [0.1, 0.15) is 39.5 Å². The average Bonchev–Trinajstić information content (AvgIpc) is 2.91. The molecule has 0 aromatic carbocycles. The minimum Gasteiger partial charge on any atom is -0.338 e. The van der Waals surface area contributed by atoms with E-state index in [9.17, 15) is 4.79 Å². The van der Waals surface area contributed by atoms with Gasteiger partial charge in [0, 0.05) is 12.6 Å². The Labute approximate surface area is 85.8 Å². The van der Waals surface area contributed by atoms with Gasteiger partial charge in [0.1, 0.15) is 0 Å². The van der Waals surface area contributed by atoms with Gasteiger partial charge in [0.15, 0.2) is 0 Å². The second-order valence-corrected chi connectivity index (χ2v) is 4.99. The normalized spacial score (nSPS) is 28.4. The third kappa shape index (κ3) is 1.92. The molecule has 0 radical (unpaired) electrons. The molecule has 0 unspecified atom stereocenters. The molecular formula is C11H20N2O. The lowest BCUT2D eigenvalue weighted by molar-refractivity contribution is -0.138. The van der Waals surface area contributed by atoms with E-state index in [-0.39, 0.29) is 5.54 Å². The van der Waals surface area contributed by atoms with Gasteiger partial charge in [-0.3, -0.25) is 4.79 Å². The molecule has 2 rings (SSSR count). The van der Waals surface area contributed by atoms with Crippen LogP contribution in [0.25, 0.3) is 0 Å².